The third kappa shape index (κ3) is 3.61. The van der Waals surface area contributed by atoms with Gasteiger partial charge in [-0.3, -0.25) is 4.79 Å². The summed E-state index contributed by atoms with van der Waals surface area (Å²) in [6.45, 7) is 0. The molecule has 0 aliphatic heterocycles. The summed E-state index contributed by atoms with van der Waals surface area (Å²) >= 11 is 5.91. The molecule has 5 nitrogen and oxygen atoms in total. The Morgan fingerprint density at radius 1 is 1.22 bits per heavy atom. The molecule has 0 aliphatic carbocycles. The zero-order valence-electron chi connectivity index (χ0n) is 10.2. The maximum atomic E-state index is 11.8. The fourth-order valence-electron chi connectivity index (χ4n) is 1.38. The maximum absolute atomic E-state index is 11.8. The summed E-state index contributed by atoms with van der Waals surface area (Å²) in [6, 6.07) is 2.78. The van der Waals surface area contributed by atoms with Crippen molar-refractivity contribution in [2.45, 2.75) is 0 Å². The van der Waals surface area contributed by atoms with Crippen molar-refractivity contribution in [2.75, 3.05) is 26.2 Å². The summed E-state index contributed by atoms with van der Waals surface area (Å²) < 4.78 is 32.2. The van der Waals surface area contributed by atoms with Crippen LogP contribution in [0, 0.1) is 0 Å². The molecule has 0 fully saturated rings. The van der Waals surface area contributed by atoms with E-state index in [0.29, 0.717) is 11.5 Å². The second-order valence-electron chi connectivity index (χ2n) is 3.68. The molecular formula is C11H13ClO5S. The summed E-state index contributed by atoms with van der Waals surface area (Å²) in [5.41, 5.74) is 0.0970. The van der Waals surface area contributed by atoms with Crippen LogP contribution in [0.25, 0.3) is 0 Å². The van der Waals surface area contributed by atoms with Crippen LogP contribution in [-0.4, -0.2) is 40.4 Å². The number of ketones is 1. The molecule has 7 heteroatoms. The van der Waals surface area contributed by atoms with E-state index in [0.717, 1.165) is 6.26 Å². The number of rotatable bonds is 5. The zero-order chi connectivity index (χ0) is 13.9. The fourth-order valence-corrected chi connectivity index (χ4v) is 2.27. The molecule has 0 heterocycles. The van der Waals surface area contributed by atoms with Crippen molar-refractivity contribution in [3.05, 3.63) is 22.7 Å². The zero-order valence-corrected chi connectivity index (χ0v) is 11.8. The number of Topliss-reactive ketones (excluding diaryl/α,β-unsaturated/α-hetero) is 1. The first-order chi connectivity index (χ1) is 8.28. The van der Waals surface area contributed by atoms with Gasteiger partial charge in [0, 0.05) is 17.9 Å². The molecule has 0 saturated heterocycles. The first-order valence-electron chi connectivity index (χ1n) is 4.91. The van der Waals surface area contributed by atoms with Gasteiger partial charge < -0.3 is 9.47 Å². The quantitative estimate of drug-likeness (QED) is 0.771. The minimum atomic E-state index is -3.40. The summed E-state index contributed by atoms with van der Waals surface area (Å²) in [4.78, 5) is 11.8. The summed E-state index contributed by atoms with van der Waals surface area (Å²) in [6.07, 6.45) is 0.986. The predicted molar refractivity (Wildman–Crippen MR) is 68.6 cm³/mol. The van der Waals surface area contributed by atoms with Crippen molar-refractivity contribution in [1.82, 2.24) is 0 Å². The Hall–Kier alpha value is -1.27. The molecule has 0 radical (unpaired) electrons. The lowest BCUT2D eigenvalue weighted by Gasteiger charge is -2.10. The van der Waals surface area contributed by atoms with Crippen molar-refractivity contribution < 1.29 is 22.7 Å². The predicted octanol–water partition coefficient (Wildman–Crippen LogP) is 1.58. The first kappa shape index (κ1) is 14.8. The molecule has 0 N–H and O–H groups in total. The highest BCUT2D eigenvalue weighted by Crippen LogP contribution is 2.33. The lowest BCUT2D eigenvalue weighted by atomic mass is 10.1. The van der Waals surface area contributed by atoms with Gasteiger partial charge in [0.15, 0.2) is 27.1 Å². The first-order valence-corrected chi connectivity index (χ1v) is 7.34. The highest BCUT2D eigenvalue weighted by Gasteiger charge is 2.19. The molecule has 0 aromatic heterocycles. The number of carbonyl (C=O) groups is 1. The van der Waals surface area contributed by atoms with E-state index in [1.807, 2.05) is 0 Å². The Morgan fingerprint density at radius 2 is 1.72 bits per heavy atom. The second kappa shape index (κ2) is 5.58. The van der Waals surface area contributed by atoms with E-state index in [1.165, 1.54) is 26.4 Å². The van der Waals surface area contributed by atoms with Gasteiger partial charge in [0.25, 0.3) is 0 Å². The SMILES string of the molecule is COc1cc(Cl)c(C(=O)CS(C)(=O)=O)cc1OC. The molecule has 0 aliphatic rings. The number of hydrogen-bond acceptors (Lipinski definition) is 5. The van der Waals surface area contributed by atoms with E-state index in [2.05, 4.69) is 0 Å². The maximum Gasteiger partial charge on any atom is 0.179 e. The van der Waals surface area contributed by atoms with Crippen LogP contribution in [0.15, 0.2) is 12.1 Å². The van der Waals surface area contributed by atoms with Gasteiger partial charge in [-0.25, -0.2) is 8.42 Å². The van der Waals surface area contributed by atoms with E-state index < -0.39 is 21.4 Å². The number of methoxy groups -OCH3 is 2. The number of benzene rings is 1. The van der Waals surface area contributed by atoms with Gasteiger partial charge in [-0.15, -0.1) is 0 Å². The molecule has 0 amide bonds. The minimum Gasteiger partial charge on any atom is -0.493 e. The Bertz CT molecular complexity index is 565. The fraction of sp³-hybridized carbons (Fsp3) is 0.364. The molecule has 1 aromatic rings. The average molecular weight is 293 g/mol. The van der Waals surface area contributed by atoms with Gasteiger partial charge in [-0.1, -0.05) is 11.6 Å². The molecule has 18 heavy (non-hydrogen) atoms. The third-order valence-electron chi connectivity index (χ3n) is 2.17. The average Bonchev–Trinajstić information content (AvgIpc) is 2.26. The van der Waals surface area contributed by atoms with Crippen LogP contribution < -0.4 is 9.47 Å². The van der Waals surface area contributed by atoms with E-state index in [-0.39, 0.29) is 10.6 Å². The highest BCUT2D eigenvalue weighted by atomic mass is 35.5. The molecule has 0 unspecified atom stereocenters. The Balaban J connectivity index is 3.21. The standard InChI is InChI=1S/C11H13ClO5S/c1-16-10-4-7(8(12)5-11(10)17-2)9(13)6-18(3,14)15/h4-5H,6H2,1-3H3. The molecule has 0 saturated carbocycles. The number of ether oxygens (including phenoxy) is 2. The molecule has 1 aromatic carbocycles. The van der Waals surface area contributed by atoms with Gasteiger partial charge in [0.05, 0.1) is 19.2 Å². The highest BCUT2D eigenvalue weighted by molar-refractivity contribution is 7.91. The number of hydrogen-bond donors (Lipinski definition) is 0. The molecule has 0 bridgehead atoms. The molecule has 100 valence electrons. The molecule has 0 atom stereocenters. The van der Waals surface area contributed by atoms with Crippen LogP contribution in [-0.2, 0) is 9.84 Å². The van der Waals surface area contributed by atoms with Crippen LogP contribution in [0.3, 0.4) is 0 Å². The van der Waals surface area contributed by atoms with Crippen molar-refractivity contribution in [3.8, 4) is 11.5 Å². The van der Waals surface area contributed by atoms with Crippen LogP contribution >= 0.6 is 11.6 Å². The largest absolute Gasteiger partial charge is 0.493 e. The number of halogens is 1. The lowest BCUT2D eigenvalue weighted by Crippen LogP contribution is -2.15. The van der Waals surface area contributed by atoms with Gasteiger partial charge in [0.2, 0.25) is 0 Å². The Labute approximate surface area is 111 Å². The topological polar surface area (TPSA) is 69.7 Å². The summed E-state index contributed by atoms with van der Waals surface area (Å²) in [5, 5.41) is 0.126. The second-order valence-corrected chi connectivity index (χ2v) is 6.23. The van der Waals surface area contributed by atoms with E-state index in [4.69, 9.17) is 21.1 Å². The summed E-state index contributed by atoms with van der Waals surface area (Å²) in [7, 11) is -0.554. The number of carbonyl (C=O) groups excluding carboxylic acids is 1. The van der Waals surface area contributed by atoms with Gasteiger partial charge >= 0.3 is 0 Å². The van der Waals surface area contributed by atoms with Gasteiger partial charge in [-0.05, 0) is 6.07 Å². The summed E-state index contributed by atoms with van der Waals surface area (Å²) in [5.74, 6) is -0.483. The number of sulfone groups is 1. The van der Waals surface area contributed by atoms with E-state index in [9.17, 15) is 13.2 Å². The van der Waals surface area contributed by atoms with E-state index in [1.54, 1.807) is 0 Å². The van der Waals surface area contributed by atoms with Gasteiger partial charge in [-0.2, -0.15) is 0 Å². The monoisotopic (exact) mass is 292 g/mol. The molecule has 0 spiro atoms. The normalized spacial score (nSPS) is 11.1. The Morgan fingerprint density at radius 3 is 2.17 bits per heavy atom. The molecular weight excluding hydrogens is 280 g/mol. The van der Waals surface area contributed by atoms with Gasteiger partial charge in [0.1, 0.15) is 5.75 Å². The van der Waals surface area contributed by atoms with Crippen LogP contribution in [0.5, 0.6) is 11.5 Å². The van der Waals surface area contributed by atoms with Crippen molar-refractivity contribution in [3.63, 3.8) is 0 Å². The smallest absolute Gasteiger partial charge is 0.179 e. The lowest BCUT2D eigenvalue weighted by molar-refractivity contribution is 0.102. The van der Waals surface area contributed by atoms with Crippen molar-refractivity contribution in [1.29, 1.82) is 0 Å². The Kier molecular flexibility index (Phi) is 4.59. The van der Waals surface area contributed by atoms with Crippen molar-refractivity contribution in [2.24, 2.45) is 0 Å². The van der Waals surface area contributed by atoms with Crippen LogP contribution in [0.4, 0.5) is 0 Å². The van der Waals surface area contributed by atoms with E-state index >= 15 is 0 Å². The van der Waals surface area contributed by atoms with Crippen LogP contribution in [0.1, 0.15) is 10.4 Å². The van der Waals surface area contributed by atoms with Crippen LogP contribution in [0.2, 0.25) is 5.02 Å². The van der Waals surface area contributed by atoms with Crippen molar-refractivity contribution >= 4 is 27.2 Å². The minimum absolute atomic E-state index is 0.0970. The third-order valence-corrected chi connectivity index (χ3v) is 3.27. The molecule has 1 rings (SSSR count).